The molecule has 1 amide bonds. The minimum atomic E-state index is 0.0346. The molecule has 17 heavy (non-hydrogen) atoms. The summed E-state index contributed by atoms with van der Waals surface area (Å²) in [7, 11) is 0. The molecule has 0 bridgehead atoms. The summed E-state index contributed by atoms with van der Waals surface area (Å²) in [5, 5.41) is 9.31. The van der Waals surface area contributed by atoms with Crippen molar-refractivity contribution in [2.24, 2.45) is 17.6 Å². The van der Waals surface area contributed by atoms with Gasteiger partial charge in [0.05, 0.1) is 12.6 Å². The summed E-state index contributed by atoms with van der Waals surface area (Å²) < 4.78 is 0. The first kappa shape index (κ1) is 14.5. The average Bonchev–Trinajstić information content (AvgIpc) is 2.67. The zero-order valence-electron chi connectivity index (χ0n) is 11.1. The molecule has 0 aliphatic carbocycles. The Hall–Kier alpha value is -0.610. The van der Waals surface area contributed by atoms with Gasteiger partial charge in [0.2, 0.25) is 5.91 Å². The first-order valence-electron chi connectivity index (χ1n) is 6.70. The van der Waals surface area contributed by atoms with Crippen LogP contribution in [0.5, 0.6) is 0 Å². The van der Waals surface area contributed by atoms with Crippen LogP contribution in [0.4, 0.5) is 0 Å². The van der Waals surface area contributed by atoms with Gasteiger partial charge in [0.15, 0.2) is 0 Å². The zero-order chi connectivity index (χ0) is 12.8. The van der Waals surface area contributed by atoms with Crippen LogP contribution < -0.4 is 5.73 Å². The molecule has 0 saturated carbocycles. The lowest BCUT2D eigenvalue weighted by Crippen LogP contribution is -2.39. The number of rotatable bonds is 6. The minimum Gasteiger partial charge on any atom is -0.394 e. The van der Waals surface area contributed by atoms with Crippen molar-refractivity contribution in [2.75, 3.05) is 19.7 Å². The van der Waals surface area contributed by atoms with Crippen molar-refractivity contribution in [3.63, 3.8) is 0 Å². The highest BCUT2D eigenvalue weighted by Gasteiger charge is 2.33. The standard InChI is InChI=1S/C13H26N2O2/c1-10(5-7-14)3-4-13(17)15-8-6-11(2)12(15)9-16/h10-12,16H,3-9,14H2,1-2H3. The van der Waals surface area contributed by atoms with E-state index in [0.717, 1.165) is 25.8 Å². The Kier molecular flexibility index (Phi) is 5.92. The van der Waals surface area contributed by atoms with Gasteiger partial charge in [-0.3, -0.25) is 4.79 Å². The zero-order valence-corrected chi connectivity index (χ0v) is 11.1. The van der Waals surface area contributed by atoms with Gasteiger partial charge in [-0.05, 0) is 37.6 Å². The second-order valence-corrected chi connectivity index (χ2v) is 5.32. The number of nitrogens with two attached hydrogens (primary N) is 1. The molecule has 1 saturated heterocycles. The topological polar surface area (TPSA) is 66.6 Å². The van der Waals surface area contributed by atoms with E-state index in [4.69, 9.17) is 5.73 Å². The first-order valence-corrected chi connectivity index (χ1v) is 6.70. The van der Waals surface area contributed by atoms with Crippen molar-refractivity contribution >= 4 is 5.91 Å². The number of carbonyl (C=O) groups is 1. The second kappa shape index (κ2) is 6.97. The van der Waals surface area contributed by atoms with Crippen molar-refractivity contribution in [3.8, 4) is 0 Å². The number of hydrogen-bond acceptors (Lipinski definition) is 3. The summed E-state index contributed by atoms with van der Waals surface area (Å²) in [5.74, 6) is 1.12. The van der Waals surface area contributed by atoms with Crippen molar-refractivity contribution in [3.05, 3.63) is 0 Å². The molecule has 4 heteroatoms. The summed E-state index contributed by atoms with van der Waals surface area (Å²) in [5.41, 5.74) is 5.49. The molecule has 0 aromatic rings. The smallest absolute Gasteiger partial charge is 0.222 e. The Morgan fingerprint density at radius 2 is 2.24 bits per heavy atom. The van der Waals surface area contributed by atoms with E-state index in [9.17, 15) is 9.90 Å². The fourth-order valence-electron chi connectivity index (χ4n) is 2.54. The van der Waals surface area contributed by atoms with Crippen LogP contribution >= 0.6 is 0 Å². The van der Waals surface area contributed by atoms with E-state index < -0.39 is 0 Å². The SMILES string of the molecule is CC(CCN)CCC(=O)N1CCC(C)C1CO. The molecule has 0 aromatic carbocycles. The van der Waals surface area contributed by atoms with Gasteiger partial charge >= 0.3 is 0 Å². The van der Waals surface area contributed by atoms with Gasteiger partial charge in [-0.2, -0.15) is 0 Å². The molecule has 1 heterocycles. The van der Waals surface area contributed by atoms with Crippen molar-refractivity contribution in [1.82, 2.24) is 4.90 Å². The molecule has 3 unspecified atom stereocenters. The van der Waals surface area contributed by atoms with Crippen LogP contribution in [0.15, 0.2) is 0 Å². The lowest BCUT2D eigenvalue weighted by Gasteiger charge is -2.25. The van der Waals surface area contributed by atoms with Gasteiger partial charge in [-0.15, -0.1) is 0 Å². The molecular weight excluding hydrogens is 216 g/mol. The van der Waals surface area contributed by atoms with E-state index in [1.165, 1.54) is 0 Å². The number of likely N-dealkylation sites (tertiary alicyclic amines) is 1. The fraction of sp³-hybridized carbons (Fsp3) is 0.923. The summed E-state index contributed by atoms with van der Waals surface area (Å²) in [6, 6.07) is 0.0346. The third-order valence-corrected chi connectivity index (χ3v) is 3.90. The lowest BCUT2D eigenvalue weighted by atomic mass is 10.0. The van der Waals surface area contributed by atoms with Gasteiger partial charge < -0.3 is 15.7 Å². The molecule has 0 aromatic heterocycles. The molecule has 3 atom stereocenters. The van der Waals surface area contributed by atoms with Gasteiger partial charge in [-0.25, -0.2) is 0 Å². The largest absolute Gasteiger partial charge is 0.394 e. The van der Waals surface area contributed by atoms with E-state index in [0.29, 0.717) is 24.8 Å². The quantitative estimate of drug-likeness (QED) is 0.729. The number of nitrogens with zero attached hydrogens (tertiary/aromatic N) is 1. The molecular formula is C13H26N2O2. The maximum Gasteiger partial charge on any atom is 0.222 e. The molecule has 1 fully saturated rings. The molecule has 1 aliphatic heterocycles. The highest BCUT2D eigenvalue weighted by atomic mass is 16.3. The Morgan fingerprint density at radius 1 is 1.53 bits per heavy atom. The molecule has 4 nitrogen and oxygen atoms in total. The van der Waals surface area contributed by atoms with Crippen LogP contribution in [0.1, 0.15) is 39.5 Å². The van der Waals surface area contributed by atoms with Crippen LogP contribution in [-0.4, -0.2) is 41.7 Å². The van der Waals surface area contributed by atoms with Gasteiger partial charge in [-0.1, -0.05) is 13.8 Å². The summed E-state index contributed by atoms with van der Waals surface area (Å²) in [6.45, 7) is 5.82. The molecule has 0 radical (unpaired) electrons. The number of aliphatic hydroxyl groups is 1. The van der Waals surface area contributed by atoms with Gasteiger partial charge in [0.25, 0.3) is 0 Å². The summed E-state index contributed by atoms with van der Waals surface area (Å²) >= 11 is 0. The maximum absolute atomic E-state index is 12.1. The Balaban J connectivity index is 2.37. The van der Waals surface area contributed by atoms with Crippen LogP contribution in [-0.2, 0) is 4.79 Å². The van der Waals surface area contributed by atoms with Crippen LogP contribution in [0, 0.1) is 11.8 Å². The highest BCUT2D eigenvalue weighted by molar-refractivity contribution is 5.76. The van der Waals surface area contributed by atoms with Crippen LogP contribution in [0.25, 0.3) is 0 Å². The predicted octanol–water partition coefficient (Wildman–Crippen LogP) is 0.981. The maximum atomic E-state index is 12.1. The first-order chi connectivity index (χ1) is 8.10. The number of carbonyl (C=O) groups excluding carboxylic acids is 1. The molecule has 1 aliphatic rings. The minimum absolute atomic E-state index is 0.0346. The molecule has 0 spiro atoms. The van der Waals surface area contributed by atoms with E-state index in [1.54, 1.807) is 0 Å². The third kappa shape index (κ3) is 3.96. The number of aliphatic hydroxyl groups excluding tert-OH is 1. The molecule has 1 rings (SSSR count). The average molecular weight is 242 g/mol. The van der Waals surface area contributed by atoms with Crippen LogP contribution in [0.3, 0.4) is 0 Å². The van der Waals surface area contributed by atoms with Crippen molar-refractivity contribution in [1.29, 1.82) is 0 Å². The van der Waals surface area contributed by atoms with E-state index in [1.807, 2.05) is 4.90 Å². The lowest BCUT2D eigenvalue weighted by molar-refractivity contribution is -0.133. The second-order valence-electron chi connectivity index (χ2n) is 5.32. The molecule has 100 valence electrons. The van der Waals surface area contributed by atoms with E-state index in [-0.39, 0.29) is 18.6 Å². The Labute approximate surface area is 104 Å². The monoisotopic (exact) mass is 242 g/mol. The predicted molar refractivity (Wildman–Crippen MR) is 68.4 cm³/mol. The Morgan fingerprint density at radius 3 is 2.82 bits per heavy atom. The van der Waals surface area contributed by atoms with E-state index in [2.05, 4.69) is 13.8 Å². The van der Waals surface area contributed by atoms with Gasteiger partial charge in [0, 0.05) is 13.0 Å². The normalized spacial score (nSPS) is 26.2. The number of hydrogen-bond donors (Lipinski definition) is 2. The third-order valence-electron chi connectivity index (χ3n) is 3.90. The summed E-state index contributed by atoms with van der Waals surface area (Å²) in [6.07, 6.45) is 3.48. The molecule has 3 N–H and O–H groups in total. The highest BCUT2D eigenvalue weighted by Crippen LogP contribution is 2.25. The summed E-state index contributed by atoms with van der Waals surface area (Å²) in [4.78, 5) is 13.9. The van der Waals surface area contributed by atoms with Crippen LogP contribution in [0.2, 0.25) is 0 Å². The van der Waals surface area contributed by atoms with Crippen molar-refractivity contribution in [2.45, 2.75) is 45.6 Å². The fourth-order valence-corrected chi connectivity index (χ4v) is 2.54. The van der Waals surface area contributed by atoms with E-state index >= 15 is 0 Å². The Bertz CT molecular complexity index is 246. The van der Waals surface area contributed by atoms with Crippen molar-refractivity contribution < 1.29 is 9.90 Å². The van der Waals surface area contributed by atoms with Gasteiger partial charge in [0.1, 0.15) is 0 Å². The number of amides is 1.